The van der Waals surface area contributed by atoms with Crippen molar-refractivity contribution in [2.45, 2.75) is 19.1 Å². The fraction of sp³-hybridized carbons (Fsp3) is 0.368. The Hall–Kier alpha value is -3.56. The summed E-state index contributed by atoms with van der Waals surface area (Å²) in [6, 6.07) is 6.15. The summed E-state index contributed by atoms with van der Waals surface area (Å²) in [6.07, 6.45) is 1.14. The maximum Gasteiger partial charge on any atom is 0.328 e. The highest BCUT2D eigenvalue weighted by molar-refractivity contribution is 6.10. The lowest BCUT2D eigenvalue weighted by Gasteiger charge is -2.39. The number of fused-ring (bicyclic) bond motifs is 3. The highest BCUT2D eigenvalue weighted by atomic mass is 16.5. The minimum atomic E-state index is -0.747. The van der Waals surface area contributed by atoms with Crippen molar-refractivity contribution in [3.05, 3.63) is 36.2 Å². The van der Waals surface area contributed by atoms with E-state index in [1.165, 1.54) is 12.0 Å². The van der Waals surface area contributed by atoms with Gasteiger partial charge in [0.25, 0.3) is 5.91 Å². The number of allylic oxidation sites excluding steroid dienone is 1. The van der Waals surface area contributed by atoms with Gasteiger partial charge in [-0.15, -0.1) is 0 Å². The van der Waals surface area contributed by atoms with Crippen molar-refractivity contribution in [3.8, 4) is 5.75 Å². The van der Waals surface area contributed by atoms with E-state index in [4.69, 9.17) is 4.74 Å². The molecule has 10 nitrogen and oxygen atoms in total. The number of hydrogen-bond donors (Lipinski definition) is 0. The number of amides is 3. The van der Waals surface area contributed by atoms with Crippen LogP contribution in [-0.4, -0.2) is 78.6 Å². The summed E-state index contributed by atoms with van der Waals surface area (Å²) in [5, 5.41) is 0. The zero-order chi connectivity index (χ0) is 20.9. The molecule has 29 heavy (non-hydrogen) atoms. The zero-order valence-electron chi connectivity index (χ0n) is 16.5. The molecule has 0 aliphatic carbocycles. The number of urea groups is 1. The first-order chi connectivity index (χ1) is 13.9. The molecule has 3 aliphatic heterocycles. The summed E-state index contributed by atoms with van der Waals surface area (Å²) in [7, 11) is 4.37. The Morgan fingerprint density at radius 1 is 1.24 bits per heavy atom. The molecule has 1 fully saturated rings. The van der Waals surface area contributed by atoms with Gasteiger partial charge in [0.05, 0.1) is 19.9 Å². The molecule has 1 saturated heterocycles. The highest BCUT2D eigenvalue weighted by Gasteiger charge is 2.54. The Morgan fingerprint density at radius 3 is 2.69 bits per heavy atom. The summed E-state index contributed by atoms with van der Waals surface area (Å²) >= 11 is 0. The molecule has 0 bridgehead atoms. The Balaban J connectivity index is 1.69. The number of hydrogen-bond acceptors (Lipinski definition) is 8. The van der Waals surface area contributed by atoms with E-state index in [0.717, 1.165) is 16.3 Å². The van der Waals surface area contributed by atoms with Gasteiger partial charge in [-0.05, 0) is 19.1 Å². The van der Waals surface area contributed by atoms with Gasteiger partial charge >= 0.3 is 12.0 Å². The molecule has 152 valence electrons. The number of rotatable bonds is 4. The van der Waals surface area contributed by atoms with E-state index in [-0.39, 0.29) is 0 Å². The quantitative estimate of drug-likeness (QED) is 0.692. The number of esters is 1. The summed E-state index contributed by atoms with van der Waals surface area (Å²) in [5.41, 5.74) is 1.69. The average Bonchev–Trinajstić information content (AvgIpc) is 3.23. The minimum Gasteiger partial charge on any atom is -0.497 e. The molecule has 2 unspecified atom stereocenters. The molecule has 1 aromatic carbocycles. The maximum atomic E-state index is 13.1. The Bertz CT molecular complexity index is 958. The number of imide groups is 1. The fourth-order valence-corrected chi connectivity index (χ4v) is 3.76. The lowest BCUT2D eigenvalue weighted by molar-refractivity contribution is -0.148. The molecule has 10 heteroatoms. The maximum absolute atomic E-state index is 13.1. The van der Waals surface area contributed by atoms with Gasteiger partial charge in [0.2, 0.25) is 5.96 Å². The monoisotopic (exact) mass is 399 g/mol. The average molecular weight is 399 g/mol. The van der Waals surface area contributed by atoms with E-state index in [0.29, 0.717) is 11.7 Å². The molecule has 0 radical (unpaired) electrons. The topological polar surface area (TPSA) is 95.0 Å². The van der Waals surface area contributed by atoms with Crippen LogP contribution in [-0.2, 0) is 14.3 Å². The van der Waals surface area contributed by atoms with Crippen molar-refractivity contribution >= 4 is 29.6 Å². The van der Waals surface area contributed by atoms with Gasteiger partial charge in [-0.3, -0.25) is 19.4 Å². The van der Waals surface area contributed by atoms with Gasteiger partial charge in [-0.2, -0.15) is 0 Å². The smallest absolute Gasteiger partial charge is 0.328 e. The second kappa shape index (κ2) is 6.80. The van der Waals surface area contributed by atoms with Crippen LogP contribution in [0.25, 0.3) is 0 Å². The van der Waals surface area contributed by atoms with Gasteiger partial charge < -0.3 is 19.3 Å². The van der Waals surface area contributed by atoms with E-state index in [2.05, 4.69) is 9.73 Å². The lowest BCUT2D eigenvalue weighted by atomic mass is 10.1. The first-order valence-electron chi connectivity index (χ1n) is 9.01. The fourth-order valence-electron chi connectivity index (χ4n) is 3.76. The lowest BCUT2D eigenvalue weighted by Crippen LogP contribution is -2.65. The highest BCUT2D eigenvalue weighted by Crippen LogP contribution is 2.37. The predicted molar refractivity (Wildman–Crippen MR) is 103 cm³/mol. The number of nitrogens with zero attached hydrogens (tertiary/aromatic N) is 5. The molecule has 3 heterocycles. The number of carbonyl (C=O) groups is 3. The number of likely N-dealkylation sites (N-methyl/N-ethyl adjacent to an activating group) is 1. The van der Waals surface area contributed by atoms with Gasteiger partial charge in [-0.1, -0.05) is 6.07 Å². The first-order valence-corrected chi connectivity index (χ1v) is 9.01. The van der Waals surface area contributed by atoms with Crippen LogP contribution in [0.4, 0.5) is 10.5 Å². The molecule has 4 rings (SSSR count). The minimum absolute atomic E-state index is 0.437. The standard InChI is InChI=1S/C19H21N5O5/c1-11-9-22-15-16(21(2)19(27)23(17(15)26)10-14(25)29-4)20-18(22)24(11)12-6-5-7-13(8-12)28-3/h5-9,15-16H,10H2,1-4H3. The van der Waals surface area contributed by atoms with Crippen molar-refractivity contribution in [2.24, 2.45) is 4.99 Å². The molecule has 3 amide bonds. The summed E-state index contributed by atoms with van der Waals surface area (Å²) < 4.78 is 9.93. The first kappa shape index (κ1) is 18.8. The normalized spacial score (nSPS) is 23.0. The number of anilines is 1. The van der Waals surface area contributed by atoms with E-state index >= 15 is 0 Å². The van der Waals surface area contributed by atoms with Crippen LogP contribution >= 0.6 is 0 Å². The number of methoxy groups -OCH3 is 2. The Labute approximate surface area is 167 Å². The van der Waals surface area contributed by atoms with Crippen LogP contribution in [0.2, 0.25) is 0 Å². The molecule has 0 saturated carbocycles. The summed E-state index contributed by atoms with van der Waals surface area (Å²) in [5.74, 6) is 0.0821. The Kier molecular flexibility index (Phi) is 4.40. The molecule has 1 aromatic rings. The molecule has 0 N–H and O–H groups in total. The molecular weight excluding hydrogens is 378 g/mol. The van der Waals surface area contributed by atoms with Crippen LogP contribution in [0, 0.1) is 0 Å². The van der Waals surface area contributed by atoms with Crippen LogP contribution < -0.4 is 9.64 Å². The molecule has 0 aromatic heterocycles. The van der Waals surface area contributed by atoms with E-state index in [1.54, 1.807) is 19.1 Å². The zero-order valence-corrected chi connectivity index (χ0v) is 16.5. The van der Waals surface area contributed by atoms with Crippen LogP contribution in [0.15, 0.2) is 41.2 Å². The van der Waals surface area contributed by atoms with Crippen molar-refractivity contribution in [3.63, 3.8) is 0 Å². The number of carbonyl (C=O) groups excluding carboxylic acids is 3. The predicted octanol–water partition coefficient (Wildman–Crippen LogP) is 0.810. The number of aliphatic imine (C=N–C) groups is 1. The van der Waals surface area contributed by atoms with Crippen molar-refractivity contribution in [2.75, 3.05) is 32.7 Å². The Morgan fingerprint density at radius 2 is 2.00 bits per heavy atom. The molecule has 2 atom stereocenters. The molecular formula is C19H21N5O5. The number of guanidine groups is 1. The summed E-state index contributed by atoms with van der Waals surface area (Å²) in [4.78, 5) is 48.0. The van der Waals surface area contributed by atoms with Gasteiger partial charge in [0.15, 0.2) is 12.2 Å². The van der Waals surface area contributed by atoms with Crippen molar-refractivity contribution < 1.29 is 23.9 Å². The second-order valence-electron chi connectivity index (χ2n) is 6.90. The van der Waals surface area contributed by atoms with Crippen molar-refractivity contribution in [1.82, 2.24) is 14.7 Å². The SMILES string of the molecule is COC(=O)CN1C(=O)C2C(N=C3N(c4cccc(OC)c4)C(C)=CN32)N(C)C1=O. The molecule has 0 spiro atoms. The largest absolute Gasteiger partial charge is 0.497 e. The third kappa shape index (κ3) is 2.79. The van der Waals surface area contributed by atoms with Gasteiger partial charge in [-0.25, -0.2) is 9.79 Å². The molecule has 3 aliphatic rings. The third-order valence-corrected chi connectivity index (χ3v) is 5.21. The summed E-state index contributed by atoms with van der Waals surface area (Å²) in [6.45, 7) is 1.47. The van der Waals surface area contributed by atoms with Crippen LogP contribution in [0.1, 0.15) is 6.92 Å². The number of ether oxygens (including phenoxy) is 2. The van der Waals surface area contributed by atoms with E-state index < -0.39 is 36.7 Å². The van der Waals surface area contributed by atoms with Crippen molar-refractivity contribution in [1.29, 1.82) is 0 Å². The van der Waals surface area contributed by atoms with Gasteiger partial charge in [0, 0.05) is 25.0 Å². The number of benzene rings is 1. The van der Waals surface area contributed by atoms with Gasteiger partial charge in [0.1, 0.15) is 12.3 Å². The van der Waals surface area contributed by atoms with E-state index in [9.17, 15) is 14.4 Å². The van der Waals surface area contributed by atoms with Crippen LogP contribution in [0.5, 0.6) is 5.75 Å². The van der Waals surface area contributed by atoms with E-state index in [1.807, 2.05) is 42.3 Å². The third-order valence-electron chi connectivity index (χ3n) is 5.21. The second-order valence-corrected chi connectivity index (χ2v) is 6.90. The van der Waals surface area contributed by atoms with Crippen LogP contribution in [0.3, 0.4) is 0 Å².